The number of ether oxygens (including phenoxy) is 1. The van der Waals surface area contributed by atoms with E-state index in [1.54, 1.807) is 30.1 Å². The van der Waals surface area contributed by atoms with Crippen molar-refractivity contribution in [1.29, 1.82) is 0 Å². The van der Waals surface area contributed by atoms with E-state index in [2.05, 4.69) is 10.0 Å². The highest BCUT2D eigenvalue weighted by Gasteiger charge is 2.25. The van der Waals surface area contributed by atoms with E-state index < -0.39 is 10.0 Å². The molecule has 0 aromatic heterocycles. The van der Waals surface area contributed by atoms with Gasteiger partial charge in [-0.25, -0.2) is 13.1 Å². The van der Waals surface area contributed by atoms with Crippen molar-refractivity contribution in [2.75, 3.05) is 33.9 Å². The van der Waals surface area contributed by atoms with E-state index in [4.69, 9.17) is 4.74 Å². The lowest BCUT2D eigenvalue weighted by atomic mass is 9.99. The van der Waals surface area contributed by atoms with E-state index in [0.717, 1.165) is 11.1 Å². The van der Waals surface area contributed by atoms with Gasteiger partial charge in [-0.3, -0.25) is 4.79 Å². The molecular weight excluding hydrogens is 330 g/mol. The molecule has 24 heavy (non-hydrogen) atoms. The lowest BCUT2D eigenvalue weighted by Crippen LogP contribution is -2.45. The molecule has 0 fully saturated rings. The lowest BCUT2D eigenvalue weighted by molar-refractivity contribution is -0.133. The Hall–Kier alpha value is -1.48. The number of carbonyl (C=O) groups excluding carboxylic acids is 1. The normalized spacial score (nSPS) is 15.9. The van der Waals surface area contributed by atoms with E-state index in [0.29, 0.717) is 26.1 Å². The van der Waals surface area contributed by atoms with E-state index in [1.807, 2.05) is 6.92 Å². The molecule has 2 rings (SSSR count). The summed E-state index contributed by atoms with van der Waals surface area (Å²) in [4.78, 5) is 14.3. The molecule has 2 N–H and O–H groups in total. The van der Waals surface area contributed by atoms with Gasteiger partial charge in [-0.05, 0) is 43.7 Å². The first-order chi connectivity index (χ1) is 11.4. The first-order valence-electron chi connectivity index (χ1n) is 7.95. The Balaban J connectivity index is 2.12. The Labute approximate surface area is 143 Å². The second-order valence-corrected chi connectivity index (χ2v) is 7.61. The number of fused-ring (bicyclic) bond motifs is 1. The standard InChI is InChI=1S/C16H25N3O4S/c1-12(17-2)16(20)19-8-6-13-10-15(5-4-14(13)11-19)24(21,22)18-7-9-23-3/h4-5,10,12,17-18H,6-9,11H2,1-3H3/t12-/m0/s1. The van der Waals surface area contributed by atoms with Crippen LogP contribution in [0.5, 0.6) is 0 Å². The molecule has 1 heterocycles. The van der Waals surface area contributed by atoms with Crippen molar-refractivity contribution in [1.82, 2.24) is 14.9 Å². The molecule has 8 heteroatoms. The van der Waals surface area contributed by atoms with Gasteiger partial charge in [-0.1, -0.05) is 6.07 Å². The van der Waals surface area contributed by atoms with Gasteiger partial charge in [0.2, 0.25) is 15.9 Å². The summed E-state index contributed by atoms with van der Waals surface area (Å²) in [7, 11) is -0.253. The number of amides is 1. The summed E-state index contributed by atoms with van der Waals surface area (Å²) in [6.07, 6.45) is 0.652. The van der Waals surface area contributed by atoms with Gasteiger partial charge in [0.1, 0.15) is 0 Å². The monoisotopic (exact) mass is 355 g/mol. The van der Waals surface area contributed by atoms with Crippen molar-refractivity contribution >= 4 is 15.9 Å². The van der Waals surface area contributed by atoms with Crippen LogP contribution in [0.2, 0.25) is 0 Å². The van der Waals surface area contributed by atoms with Crippen LogP contribution >= 0.6 is 0 Å². The number of likely N-dealkylation sites (N-methyl/N-ethyl adjacent to an activating group) is 1. The van der Waals surface area contributed by atoms with Gasteiger partial charge in [-0.15, -0.1) is 0 Å². The number of hydrogen-bond donors (Lipinski definition) is 2. The summed E-state index contributed by atoms with van der Waals surface area (Å²) in [5.74, 6) is 0.0566. The molecule has 1 aromatic carbocycles. The molecule has 1 atom stereocenters. The summed E-state index contributed by atoms with van der Waals surface area (Å²) in [6, 6.07) is 4.86. The molecule has 0 unspecified atom stereocenters. The van der Waals surface area contributed by atoms with Crippen LogP contribution in [0.1, 0.15) is 18.1 Å². The van der Waals surface area contributed by atoms with E-state index >= 15 is 0 Å². The van der Waals surface area contributed by atoms with Crippen molar-refractivity contribution in [3.8, 4) is 0 Å². The smallest absolute Gasteiger partial charge is 0.240 e. The predicted molar refractivity (Wildman–Crippen MR) is 91.1 cm³/mol. The molecule has 0 bridgehead atoms. The van der Waals surface area contributed by atoms with Crippen LogP contribution in [0.4, 0.5) is 0 Å². The topological polar surface area (TPSA) is 87.7 Å². The number of nitrogens with one attached hydrogen (secondary N) is 2. The highest BCUT2D eigenvalue weighted by atomic mass is 32.2. The Morgan fingerprint density at radius 2 is 2.12 bits per heavy atom. The van der Waals surface area contributed by atoms with E-state index in [-0.39, 0.29) is 23.4 Å². The molecule has 1 aliphatic rings. The van der Waals surface area contributed by atoms with Crippen LogP contribution in [0.3, 0.4) is 0 Å². The number of methoxy groups -OCH3 is 1. The van der Waals surface area contributed by atoms with Crippen LogP contribution in [-0.2, 0) is 32.5 Å². The largest absolute Gasteiger partial charge is 0.383 e. The first kappa shape index (κ1) is 18.9. The van der Waals surface area contributed by atoms with Crippen molar-refractivity contribution in [2.45, 2.75) is 30.8 Å². The maximum atomic E-state index is 12.3. The summed E-state index contributed by atoms with van der Waals surface area (Å²) in [5.41, 5.74) is 1.97. The third-order valence-corrected chi connectivity index (χ3v) is 5.67. The summed E-state index contributed by atoms with van der Waals surface area (Å²) in [6.45, 7) is 3.50. The van der Waals surface area contributed by atoms with Crippen LogP contribution < -0.4 is 10.0 Å². The van der Waals surface area contributed by atoms with Crippen LogP contribution in [0, 0.1) is 0 Å². The molecule has 1 aromatic rings. The highest BCUT2D eigenvalue weighted by molar-refractivity contribution is 7.89. The number of sulfonamides is 1. The maximum absolute atomic E-state index is 12.3. The molecule has 1 aliphatic heterocycles. The van der Waals surface area contributed by atoms with Gasteiger partial charge in [0, 0.05) is 26.7 Å². The molecule has 0 saturated heterocycles. The predicted octanol–water partition coefficient (Wildman–Crippen LogP) is 0.104. The Kier molecular flexibility index (Phi) is 6.34. The molecule has 0 saturated carbocycles. The SMILES string of the molecule is CN[C@@H](C)C(=O)N1CCc2cc(S(=O)(=O)NCCOC)ccc2C1. The number of rotatable bonds is 7. The molecule has 1 amide bonds. The van der Waals surface area contributed by atoms with Crippen molar-refractivity contribution in [2.24, 2.45) is 0 Å². The minimum absolute atomic E-state index is 0.0566. The van der Waals surface area contributed by atoms with Crippen molar-refractivity contribution in [3.63, 3.8) is 0 Å². The second kappa shape index (κ2) is 8.06. The number of nitrogens with zero attached hydrogens (tertiary/aromatic N) is 1. The lowest BCUT2D eigenvalue weighted by Gasteiger charge is -2.31. The zero-order valence-electron chi connectivity index (χ0n) is 14.3. The van der Waals surface area contributed by atoms with Gasteiger partial charge >= 0.3 is 0 Å². The zero-order valence-corrected chi connectivity index (χ0v) is 15.1. The average molecular weight is 355 g/mol. The molecule has 0 aliphatic carbocycles. The third-order valence-electron chi connectivity index (χ3n) is 4.21. The minimum atomic E-state index is -3.53. The number of hydrogen-bond acceptors (Lipinski definition) is 5. The number of benzene rings is 1. The Bertz CT molecular complexity index is 691. The van der Waals surface area contributed by atoms with Crippen LogP contribution in [-0.4, -0.2) is 59.1 Å². The third kappa shape index (κ3) is 4.32. The fourth-order valence-electron chi connectivity index (χ4n) is 2.64. The summed E-state index contributed by atoms with van der Waals surface area (Å²) >= 11 is 0. The summed E-state index contributed by atoms with van der Waals surface area (Å²) < 4.78 is 31.9. The van der Waals surface area contributed by atoms with Crippen LogP contribution in [0.25, 0.3) is 0 Å². The van der Waals surface area contributed by atoms with Gasteiger partial charge in [0.05, 0.1) is 17.5 Å². The van der Waals surface area contributed by atoms with Crippen molar-refractivity contribution < 1.29 is 17.9 Å². The molecular formula is C16H25N3O4S. The highest BCUT2D eigenvalue weighted by Crippen LogP contribution is 2.23. The second-order valence-electron chi connectivity index (χ2n) is 5.84. The minimum Gasteiger partial charge on any atom is -0.383 e. The maximum Gasteiger partial charge on any atom is 0.240 e. The molecule has 134 valence electrons. The van der Waals surface area contributed by atoms with Crippen molar-refractivity contribution in [3.05, 3.63) is 29.3 Å². The molecule has 0 spiro atoms. The van der Waals surface area contributed by atoms with Gasteiger partial charge in [0.15, 0.2) is 0 Å². The van der Waals surface area contributed by atoms with Gasteiger partial charge in [0.25, 0.3) is 0 Å². The molecule has 0 radical (unpaired) electrons. The number of carbonyl (C=O) groups is 1. The Morgan fingerprint density at radius 3 is 2.79 bits per heavy atom. The average Bonchev–Trinajstić information content (AvgIpc) is 2.59. The summed E-state index contributed by atoms with van der Waals surface area (Å²) in [5, 5.41) is 2.95. The van der Waals surface area contributed by atoms with Gasteiger partial charge < -0.3 is 15.0 Å². The fourth-order valence-corrected chi connectivity index (χ4v) is 3.71. The quantitative estimate of drug-likeness (QED) is 0.678. The fraction of sp³-hybridized carbons (Fsp3) is 0.562. The van der Waals surface area contributed by atoms with E-state index in [9.17, 15) is 13.2 Å². The first-order valence-corrected chi connectivity index (χ1v) is 9.44. The molecule has 7 nitrogen and oxygen atoms in total. The van der Waals surface area contributed by atoms with Crippen LogP contribution in [0.15, 0.2) is 23.1 Å². The zero-order chi connectivity index (χ0) is 17.7. The Morgan fingerprint density at radius 1 is 1.38 bits per heavy atom. The van der Waals surface area contributed by atoms with Gasteiger partial charge in [-0.2, -0.15) is 0 Å². The van der Waals surface area contributed by atoms with E-state index in [1.165, 1.54) is 7.11 Å².